The van der Waals surface area contributed by atoms with Gasteiger partial charge in [-0.1, -0.05) is 5.92 Å². The summed E-state index contributed by atoms with van der Waals surface area (Å²) in [4.78, 5) is 23.5. The Balaban J connectivity index is 4.54. The van der Waals surface area contributed by atoms with Crippen LogP contribution in [0.15, 0.2) is 0 Å². The molecule has 0 spiro atoms. The molecule has 0 aromatic carbocycles. The molecule has 0 aliphatic heterocycles. The van der Waals surface area contributed by atoms with Gasteiger partial charge in [0.2, 0.25) is 5.91 Å². The lowest BCUT2D eigenvalue weighted by molar-refractivity contribution is -0.140. The van der Waals surface area contributed by atoms with Crippen molar-refractivity contribution in [2.75, 3.05) is 6.54 Å². The summed E-state index contributed by atoms with van der Waals surface area (Å²) in [7, 11) is 0. The van der Waals surface area contributed by atoms with Gasteiger partial charge in [0.25, 0.3) is 0 Å². The molecule has 1 N–H and O–H groups in total. The van der Waals surface area contributed by atoms with Crippen LogP contribution in [0.1, 0.15) is 33.6 Å². The number of carbonyl (C=O) groups is 2. The maximum atomic E-state index is 11.6. The first-order valence-corrected chi connectivity index (χ1v) is 4.74. The third-order valence-electron chi connectivity index (χ3n) is 1.91. The van der Waals surface area contributed by atoms with E-state index in [1.54, 1.807) is 0 Å². The maximum Gasteiger partial charge on any atom is 0.305 e. The van der Waals surface area contributed by atoms with Crippen molar-refractivity contribution in [3.63, 3.8) is 0 Å². The smallest absolute Gasteiger partial charge is 0.305 e. The second kappa shape index (κ2) is 5.40. The fourth-order valence-electron chi connectivity index (χ4n) is 1.22. The van der Waals surface area contributed by atoms with E-state index in [-0.39, 0.29) is 25.3 Å². The molecule has 0 aliphatic carbocycles. The second-order valence-corrected chi connectivity index (χ2v) is 4.24. The Labute approximate surface area is 90.3 Å². The van der Waals surface area contributed by atoms with Gasteiger partial charge in [-0.2, -0.15) is 0 Å². The van der Waals surface area contributed by atoms with Crippen LogP contribution in [-0.4, -0.2) is 34.0 Å². The summed E-state index contributed by atoms with van der Waals surface area (Å²) in [5, 5.41) is 8.56. The molecule has 4 heteroatoms. The molecule has 0 fully saturated rings. The molecule has 0 saturated carbocycles. The van der Waals surface area contributed by atoms with Crippen molar-refractivity contribution >= 4 is 11.9 Å². The number of aliphatic carboxylic acids is 1. The number of terminal acetylenes is 1. The van der Waals surface area contributed by atoms with Crippen LogP contribution in [0.4, 0.5) is 0 Å². The van der Waals surface area contributed by atoms with Crippen molar-refractivity contribution in [3.05, 3.63) is 0 Å². The summed E-state index contributed by atoms with van der Waals surface area (Å²) in [5.41, 5.74) is -0.399. The number of amides is 1. The molecule has 0 bridgehead atoms. The first kappa shape index (κ1) is 13.5. The predicted molar refractivity (Wildman–Crippen MR) is 57.2 cm³/mol. The Hall–Kier alpha value is -1.50. The normalized spacial score (nSPS) is 10.5. The van der Waals surface area contributed by atoms with Gasteiger partial charge in [0.15, 0.2) is 0 Å². The highest BCUT2D eigenvalue weighted by molar-refractivity contribution is 5.79. The van der Waals surface area contributed by atoms with E-state index in [0.29, 0.717) is 0 Å². The monoisotopic (exact) mass is 211 g/mol. The zero-order valence-electron chi connectivity index (χ0n) is 9.41. The summed E-state index contributed by atoms with van der Waals surface area (Å²) in [6, 6.07) is 0. The van der Waals surface area contributed by atoms with E-state index in [2.05, 4.69) is 5.92 Å². The van der Waals surface area contributed by atoms with Crippen molar-refractivity contribution in [3.8, 4) is 12.3 Å². The zero-order valence-corrected chi connectivity index (χ0v) is 9.41. The van der Waals surface area contributed by atoms with Crippen molar-refractivity contribution < 1.29 is 14.7 Å². The standard InChI is InChI=1S/C11H17NO3/c1-5-6-9(13)12(11(2,3)4)8-7-10(14)15/h1H,6-8H2,2-4H3,(H,14,15). The highest BCUT2D eigenvalue weighted by Gasteiger charge is 2.25. The average molecular weight is 211 g/mol. The SMILES string of the molecule is C#CCC(=O)N(CCC(=O)O)C(C)(C)C. The molecular formula is C11H17NO3. The van der Waals surface area contributed by atoms with Crippen molar-refractivity contribution in [1.82, 2.24) is 4.90 Å². The number of hydrogen-bond donors (Lipinski definition) is 1. The summed E-state index contributed by atoms with van der Waals surface area (Å²) in [6.07, 6.45) is 5.00. The highest BCUT2D eigenvalue weighted by Crippen LogP contribution is 2.14. The van der Waals surface area contributed by atoms with E-state index in [1.165, 1.54) is 4.90 Å². The van der Waals surface area contributed by atoms with Crippen molar-refractivity contribution in [2.45, 2.75) is 39.2 Å². The minimum Gasteiger partial charge on any atom is -0.481 e. The fourth-order valence-corrected chi connectivity index (χ4v) is 1.22. The van der Waals surface area contributed by atoms with Crippen LogP contribution >= 0.6 is 0 Å². The van der Waals surface area contributed by atoms with Crippen molar-refractivity contribution in [2.24, 2.45) is 0 Å². The van der Waals surface area contributed by atoms with Gasteiger partial charge in [0, 0.05) is 12.1 Å². The first-order chi connectivity index (χ1) is 6.79. The summed E-state index contributed by atoms with van der Waals surface area (Å²) in [5.74, 6) is 1.15. The molecule has 0 atom stereocenters. The van der Waals surface area contributed by atoms with Gasteiger partial charge in [-0.15, -0.1) is 6.42 Å². The van der Waals surface area contributed by atoms with E-state index in [4.69, 9.17) is 11.5 Å². The van der Waals surface area contributed by atoms with Gasteiger partial charge in [0.05, 0.1) is 12.8 Å². The molecular weight excluding hydrogens is 194 g/mol. The lowest BCUT2D eigenvalue weighted by atomic mass is 10.0. The lowest BCUT2D eigenvalue weighted by Crippen LogP contribution is -2.46. The molecule has 0 radical (unpaired) electrons. The lowest BCUT2D eigenvalue weighted by Gasteiger charge is -2.35. The first-order valence-electron chi connectivity index (χ1n) is 4.74. The predicted octanol–water partition coefficient (Wildman–Crippen LogP) is 1.11. The van der Waals surface area contributed by atoms with E-state index >= 15 is 0 Å². The molecule has 15 heavy (non-hydrogen) atoms. The topological polar surface area (TPSA) is 57.6 Å². The second-order valence-electron chi connectivity index (χ2n) is 4.24. The number of nitrogens with zero attached hydrogens (tertiary/aromatic N) is 1. The Morgan fingerprint density at radius 1 is 1.40 bits per heavy atom. The van der Waals surface area contributed by atoms with E-state index < -0.39 is 11.5 Å². The van der Waals surface area contributed by atoms with E-state index in [1.807, 2.05) is 20.8 Å². The number of hydrogen-bond acceptors (Lipinski definition) is 2. The van der Waals surface area contributed by atoms with Crippen LogP contribution in [0.5, 0.6) is 0 Å². The molecule has 84 valence electrons. The summed E-state index contributed by atoms with van der Waals surface area (Å²) < 4.78 is 0. The van der Waals surface area contributed by atoms with Crippen LogP contribution in [0.25, 0.3) is 0 Å². The number of rotatable bonds is 4. The molecule has 0 aliphatic rings. The molecule has 0 unspecified atom stereocenters. The molecule has 1 amide bonds. The minimum absolute atomic E-state index is 0.0108. The third-order valence-corrected chi connectivity index (χ3v) is 1.91. The van der Waals surface area contributed by atoms with Crippen LogP contribution in [0, 0.1) is 12.3 Å². The van der Waals surface area contributed by atoms with Crippen LogP contribution in [-0.2, 0) is 9.59 Å². The van der Waals surface area contributed by atoms with Gasteiger partial charge in [-0.3, -0.25) is 9.59 Å². The van der Waals surface area contributed by atoms with Crippen molar-refractivity contribution in [1.29, 1.82) is 0 Å². The van der Waals surface area contributed by atoms with Gasteiger partial charge < -0.3 is 10.0 Å². The third kappa shape index (κ3) is 5.06. The van der Waals surface area contributed by atoms with Crippen LogP contribution < -0.4 is 0 Å². The Kier molecular flexibility index (Phi) is 4.86. The number of carboxylic acid groups (broad SMARTS) is 1. The molecule has 0 saturated heterocycles. The quantitative estimate of drug-likeness (QED) is 0.709. The Morgan fingerprint density at radius 3 is 2.27 bits per heavy atom. The zero-order chi connectivity index (χ0) is 12.1. The van der Waals surface area contributed by atoms with E-state index in [9.17, 15) is 9.59 Å². The summed E-state index contributed by atoms with van der Waals surface area (Å²) in [6.45, 7) is 5.75. The molecule has 4 nitrogen and oxygen atoms in total. The average Bonchev–Trinajstić information content (AvgIpc) is 2.01. The van der Waals surface area contributed by atoms with Crippen LogP contribution in [0.2, 0.25) is 0 Å². The Bertz CT molecular complexity index is 283. The largest absolute Gasteiger partial charge is 0.481 e. The minimum atomic E-state index is -0.919. The number of carbonyl (C=O) groups excluding carboxylic acids is 1. The number of carboxylic acids is 1. The molecule has 0 aromatic rings. The maximum absolute atomic E-state index is 11.6. The van der Waals surface area contributed by atoms with Gasteiger partial charge in [0.1, 0.15) is 0 Å². The Morgan fingerprint density at radius 2 is 1.93 bits per heavy atom. The van der Waals surface area contributed by atoms with Gasteiger partial charge >= 0.3 is 5.97 Å². The van der Waals surface area contributed by atoms with Crippen LogP contribution in [0.3, 0.4) is 0 Å². The summed E-state index contributed by atoms with van der Waals surface area (Å²) >= 11 is 0. The molecule has 0 rings (SSSR count). The van der Waals surface area contributed by atoms with E-state index in [0.717, 1.165) is 0 Å². The molecule has 0 aromatic heterocycles. The fraction of sp³-hybridized carbons (Fsp3) is 0.636. The van der Waals surface area contributed by atoms with Gasteiger partial charge in [-0.05, 0) is 20.8 Å². The van der Waals surface area contributed by atoms with Gasteiger partial charge in [-0.25, -0.2) is 0 Å². The highest BCUT2D eigenvalue weighted by atomic mass is 16.4. The molecule has 0 heterocycles.